The van der Waals surface area contributed by atoms with Crippen LogP contribution in [0.4, 0.5) is 9.59 Å². The van der Waals surface area contributed by atoms with Crippen LogP contribution >= 0.6 is 0 Å². The van der Waals surface area contributed by atoms with Crippen molar-refractivity contribution >= 4 is 18.0 Å². The predicted octanol–water partition coefficient (Wildman–Crippen LogP) is 0.607. The van der Waals surface area contributed by atoms with E-state index in [4.69, 9.17) is 9.57 Å². The van der Waals surface area contributed by atoms with Gasteiger partial charge in [0.25, 0.3) is 5.91 Å². The topological polar surface area (TPSA) is 120 Å². The summed E-state index contributed by atoms with van der Waals surface area (Å²) < 4.78 is 5.09. The second-order valence-electron chi connectivity index (χ2n) is 7.12. The third-order valence-electron chi connectivity index (χ3n) is 3.91. The fourth-order valence-corrected chi connectivity index (χ4v) is 2.76. The van der Waals surface area contributed by atoms with E-state index in [0.29, 0.717) is 37.4 Å². The molecule has 25 heavy (non-hydrogen) atoms. The summed E-state index contributed by atoms with van der Waals surface area (Å²) in [6.45, 7) is 6.23. The number of carbonyl (C=O) groups is 3. The Hall–Kier alpha value is -2.07. The number of nitrogens with one attached hydrogen (secondary N) is 2. The van der Waals surface area contributed by atoms with E-state index in [-0.39, 0.29) is 12.6 Å². The van der Waals surface area contributed by atoms with Crippen LogP contribution in [-0.4, -0.2) is 70.6 Å². The average molecular weight is 358 g/mol. The van der Waals surface area contributed by atoms with Crippen LogP contribution in [0, 0.1) is 0 Å². The number of carbonyl (C=O) groups excluding carboxylic acids is 3. The number of hydrogen-bond acceptors (Lipinski definition) is 6. The summed E-state index contributed by atoms with van der Waals surface area (Å²) in [4.78, 5) is 41.8. The van der Waals surface area contributed by atoms with Crippen molar-refractivity contribution in [2.45, 2.75) is 57.7 Å². The Balaban J connectivity index is 1.60. The third kappa shape index (κ3) is 5.20. The van der Waals surface area contributed by atoms with Crippen LogP contribution in [0.2, 0.25) is 0 Å². The first-order chi connectivity index (χ1) is 11.7. The molecule has 2 aliphatic heterocycles. The molecule has 2 heterocycles. The fourth-order valence-electron chi connectivity index (χ4n) is 2.76. The van der Waals surface area contributed by atoms with Crippen molar-refractivity contribution in [2.24, 2.45) is 0 Å². The molecular weight excluding hydrogens is 332 g/mol. The second-order valence-corrected chi connectivity index (χ2v) is 7.12. The van der Waals surface area contributed by atoms with E-state index in [2.05, 4.69) is 10.8 Å². The highest BCUT2D eigenvalue weighted by molar-refractivity contribution is 5.87. The molecule has 2 bridgehead atoms. The van der Waals surface area contributed by atoms with Gasteiger partial charge in [-0.25, -0.2) is 20.1 Å². The van der Waals surface area contributed by atoms with Gasteiger partial charge in [-0.15, -0.1) is 0 Å². The molecule has 3 N–H and O–H groups in total. The maximum Gasteiger partial charge on any atom is 0.407 e. The van der Waals surface area contributed by atoms with Crippen LogP contribution in [0.3, 0.4) is 0 Å². The minimum absolute atomic E-state index is 0.205. The minimum atomic E-state index is -0.638. The summed E-state index contributed by atoms with van der Waals surface area (Å²) >= 11 is 0. The first kappa shape index (κ1) is 19.3. The Kier molecular flexibility index (Phi) is 6.07. The van der Waals surface area contributed by atoms with Crippen LogP contribution in [0.5, 0.6) is 0 Å². The van der Waals surface area contributed by atoms with Gasteiger partial charge in [-0.3, -0.25) is 14.8 Å². The van der Waals surface area contributed by atoms with Crippen LogP contribution in [0.15, 0.2) is 0 Å². The Morgan fingerprint density at radius 3 is 2.72 bits per heavy atom. The van der Waals surface area contributed by atoms with Gasteiger partial charge >= 0.3 is 12.1 Å². The normalized spacial score (nSPS) is 22.8. The number of alkyl carbamates (subject to hydrolysis) is 1. The number of ether oxygens (including phenoxy) is 1. The summed E-state index contributed by atoms with van der Waals surface area (Å²) in [6.07, 6.45) is 1.02. The number of piperidine rings is 1. The molecule has 10 heteroatoms. The van der Waals surface area contributed by atoms with Crippen LogP contribution in [-0.2, 0) is 14.4 Å². The number of hydroxylamine groups is 3. The Morgan fingerprint density at radius 2 is 2.04 bits per heavy atom. The summed E-state index contributed by atoms with van der Waals surface area (Å²) in [7, 11) is 0. The number of hydrogen-bond donors (Lipinski definition) is 3. The molecule has 10 nitrogen and oxygen atoms in total. The summed E-state index contributed by atoms with van der Waals surface area (Å²) in [5.74, 6) is -0.415. The molecule has 0 radical (unpaired) electrons. The molecule has 0 spiro atoms. The molecule has 2 fully saturated rings. The number of urea groups is 1. The van der Waals surface area contributed by atoms with Gasteiger partial charge in [0.2, 0.25) is 0 Å². The highest BCUT2D eigenvalue weighted by atomic mass is 16.7. The Labute approximate surface area is 146 Å². The Morgan fingerprint density at radius 1 is 1.32 bits per heavy atom. The highest BCUT2D eigenvalue weighted by Gasteiger charge is 2.46. The molecule has 2 rings (SSSR count). The number of amides is 4. The van der Waals surface area contributed by atoms with Crippen molar-refractivity contribution in [3.8, 4) is 0 Å². The quantitative estimate of drug-likeness (QED) is 0.363. The zero-order valence-electron chi connectivity index (χ0n) is 14.8. The van der Waals surface area contributed by atoms with Gasteiger partial charge in [-0.2, -0.15) is 0 Å². The molecule has 1 unspecified atom stereocenters. The fraction of sp³-hybridized carbons (Fsp3) is 0.800. The van der Waals surface area contributed by atoms with Crippen LogP contribution in [0.1, 0.15) is 40.0 Å². The van der Waals surface area contributed by atoms with Gasteiger partial charge in [-0.05, 0) is 40.0 Å². The van der Waals surface area contributed by atoms with Crippen molar-refractivity contribution in [2.75, 3.05) is 19.7 Å². The van der Waals surface area contributed by atoms with E-state index in [9.17, 15) is 19.6 Å². The van der Waals surface area contributed by atoms with Gasteiger partial charge in [0.05, 0.1) is 12.6 Å². The van der Waals surface area contributed by atoms with Crippen LogP contribution in [0.25, 0.3) is 0 Å². The SMILES string of the molecule is CC(C)(C)OC(=O)NCCCONC(=O)[C@@H]1CCC2CN1C(=O)N2O. The maximum atomic E-state index is 12.1. The highest BCUT2D eigenvalue weighted by Crippen LogP contribution is 2.28. The lowest BCUT2D eigenvalue weighted by Crippen LogP contribution is -2.49. The van der Waals surface area contributed by atoms with Crippen molar-refractivity contribution in [1.29, 1.82) is 0 Å². The van der Waals surface area contributed by atoms with Crippen molar-refractivity contribution in [3.05, 3.63) is 0 Å². The molecular formula is C15H26N4O6. The van der Waals surface area contributed by atoms with E-state index in [1.807, 2.05) is 0 Å². The second kappa shape index (κ2) is 7.87. The van der Waals surface area contributed by atoms with Gasteiger partial charge in [0.15, 0.2) is 0 Å². The summed E-state index contributed by atoms with van der Waals surface area (Å²) in [5, 5.41) is 12.9. The lowest BCUT2D eigenvalue weighted by molar-refractivity contribution is -0.138. The van der Waals surface area contributed by atoms with E-state index >= 15 is 0 Å². The minimum Gasteiger partial charge on any atom is -0.444 e. The lowest BCUT2D eigenvalue weighted by Gasteiger charge is -2.28. The number of nitrogens with zero attached hydrogens (tertiary/aromatic N) is 2. The zero-order chi connectivity index (χ0) is 18.6. The van der Waals surface area contributed by atoms with E-state index in [1.54, 1.807) is 20.8 Å². The van der Waals surface area contributed by atoms with Gasteiger partial charge < -0.3 is 15.0 Å². The van der Waals surface area contributed by atoms with Gasteiger partial charge in [0, 0.05) is 13.1 Å². The molecule has 0 aromatic rings. The van der Waals surface area contributed by atoms with Gasteiger partial charge in [-0.1, -0.05) is 0 Å². The van der Waals surface area contributed by atoms with E-state index in [1.165, 1.54) is 4.90 Å². The summed E-state index contributed by atoms with van der Waals surface area (Å²) in [6, 6.07) is -1.43. The lowest BCUT2D eigenvalue weighted by atomic mass is 10.0. The molecule has 2 aliphatic rings. The van der Waals surface area contributed by atoms with E-state index < -0.39 is 29.7 Å². The van der Waals surface area contributed by atoms with Crippen molar-refractivity contribution in [3.63, 3.8) is 0 Å². The van der Waals surface area contributed by atoms with Crippen molar-refractivity contribution in [1.82, 2.24) is 20.8 Å². The molecule has 0 aromatic heterocycles. The molecule has 142 valence electrons. The first-order valence-corrected chi connectivity index (χ1v) is 8.36. The monoisotopic (exact) mass is 358 g/mol. The number of rotatable bonds is 6. The molecule has 0 saturated carbocycles. The zero-order valence-corrected chi connectivity index (χ0v) is 14.8. The molecule has 0 aromatic carbocycles. The Bertz CT molecular complexity index is 521. The molecule has 0 aliphatic carbocycles. The molecule has 2 saturated heterocycles. The number of fused-ring (bicyclic) bond motifs is 2. The van der Waals surface area contributed by atoms with Crippen LogP contribution < -0.4 is 10.8 Å². The first-order valence-electron chi connectivity index (χ1n) is 8.36. The maximum absolute atomic E-state index is 12.1. The summed E-state index contributed by atoms with van der Waals surface area (Å²) in [5.41, 5.74) is 1.77. The molecule has 2 atom stereocenters. The smallest absolute Gasteiger partial charge is 0.407 e. The largest absolute Gasteiger partial charge is 0.444 e. The standard InChI is InChI=1S/C15H26N4O6/c1-15(2,3)25-13(21)16-7-4-8-24-17-12(20)11-6-5-10-9-18(11)14(22)19(10)23/h10-11,23H,4-9H2,1-3H3,(H,16,21)(H,17,20)/t10?,11-/m0/s1. The average Bonchev–Trinajstić information content (AvgIpc) is 2.73. The predicted molar refractivity (Wildman–Crippen MR) is 85.5 cm³/mol. The molecule has 4 amide bonds. The third-order valence-corrected chi connectivity index (χ3v) is 3.91. The van der Waals surface area contributed by atoms with Crippen molar-refractivity contribution < 1.29 is 29.2 Å². The van der Waals surface area contributed by atoms with Gasteiger partial charge in [0.1, 0.15) is 11.6 Å². The van der Waals surface area contributed by atoms with E-state index in [0.717, 1.165) is 0 Å².